The van der Waals surface area contributed by atoms with Crippen molar-refractivity contribution < 1.29 is 27.8 Å². The van der Waals surface area contributed by atoms with Gasteiger partial charge in [-0.1, -0.05) is 43.3 Å². The number of ether oxygens (including phenoxy) is 1. The first kappa shape index (κ1) is 24.4. The molecule has 3 rings (SSSR count). The number of primary amides is 1. The van der Waals surface area contributed by atoms with Crippen molar-refractivity contribution in [3.8, 4) is 5.75 Å². The normalized spacial score (nSPS) is 14.8. The van der Waals surface area contributed by atoms with Crippen LogP contribution in [0.3, 0.4) is 0 Å². The summed E-state index contributed by atoms with van der Waals surface area (Å²) < 4.78 is 40.3. The minimum atomic E-state index is -4.31. The van der Waals surface area contributed by atoms with Crippen molar-refractivity contribution in [2.45, 2.75) is 32.2 Å². The van der Waals surface area contributed by atoms with Crippen molar-refractivity contribution in [3.05, 3.63) is 77.9 Å². The maximum atomic E-state index is 15.8. The van der Waals surface area contributed by atoms with Gasteiger partial charge < -0.3 is 15.0 Å². The van der Waals surface area contributed by atoms with Crippen molar-refractivity contribution >= 4 is 30.2 Å². The van der Waals surface area contributed by atoms with Crippen molar-refractivity contribution in [1.29, 1.82) is 0 Å². The van der Waals surface area contributed by atoms with E-state index in [1.807, 2.05) is 6.92 Å². The molecule has 9 heteroatoms. The third-order valence-electron chi connectivity index (χ3n) is 4.88. The van der Waals surface area contributed by atoms with Gasteiger partial charge in [0.1, 0.15) is 11.8 Å². The van der Waals surface area contributed by atoms with E-state index < -0.39 is 31.4 Å². The Labute approximate surface area is 191 Å². The molecule has 3 aromatic carbocycles. The van der Waals surface area contributed by atoms with E-state index in [1.165, 1.54) is 25.1 Å². The molecule has 3 unspecified atom stereocenters. The van der Waals surface area contributed by atoms with Gasteiger partial charge in [-0.25, -0.2) is 9.48 Å². The van der Waals surface area contributed by atoms with Crippen LogP contribution in [-0.2, 0) is 14.1 Å². The van der Waals surface area contributed by atoms with Gasteiger partial charge in [-0.2, -0.15) is 0 Å². The minimum Gasteiger partial charge on any atom is -0.465 e. The zero-order valence-electron chi connectivity index (χ0n) is 18.4. The first-order chi connectivity index (χ1) is 15.7. The summed E-state index contributed by atoms with van der Waals surface area (Å²) in [5.41, 5.74) is 5.67. The lowest BCUT2D eigenvalue weighted by Gasteiger charge is -2.26. The summed E-state index contributed by atoms with van der Waals surface area (Å²) in [5, 5.41) is 3.83. The first-order valence-corrected chi connectivity index (χ1v) is 12.2. The van der Waals surface area contributed by atoms with E-state index in [-0.39, 0.29) is 23.5 Å². The molecule has 0 bridgehead atoms. The van der Waals surface area contributed by atoms with Crippen molar-refractivity contribution in [2.75, 3.05) is 6.61 Å². The summed E-state index contributed by atoms with van der Waals surface area (Å²) >= 11 is 0. The summed E-state index contributed by atoms with van der Waals surface area (Å²) in [5.74, 6) is -3.20. The Morgan fingerprint density at radius 2 is 1.76 bits per heavy atom. The highest BCUT2D eigenvalue weighted by Crippen LogP contribution is 2.57. The fourth-order valence-electron chi connectivity index (χ4n) is 3.19. The second-order valence-corrected chi connectivity index (χ2v) is 9.63. The second-order valence-electron chi connectivity index (χ2n) is 7.54. The fraction of sp³-hybridized carbons (Fsp3) is 0.250. The number of hydrogen-bond donors (Lipinski definition) is 2. The molecule has 0 aliphatic heterocycles. The number of halogens is 1. The van der Waals surface area contributed by atoms with E-state index in [1.54, 1.807) is 48.5 Å². The van der Waals surface area contributed by atoms with Crippen LogP contribution in [0.1, 0.15) is 42.1 Å². The lowest BCUT2D eigenvalue weighted by atomic mass is 10.0. The zero-order chi connectivity index (χ0) is 24.0. The molecule has 0 aromatic heterocycles. The van der Waals surface area contributed by atoms with Gasteiger partial charge in [0.25, 0.3) is 0 Å². The van der Waals surface area contributed by atoms with Crippen LogP contribution in [0.4, 0.5) is 4.39 Å². The second kappa shape index (κ2) is 10.6. The Kier molecular flexibility index (Phi) is 7.84. The number of fused-ring (bicyclic) bond motifs is 1. The smallest absolute Gasteiger partial charge is 0.355 e. The van der Waals surface area contributed by atoms with Crippen molar-refractivity contribution in [2.24, 2.45) is 5.73 Å². The molecule has 3 N–H and O–H groups in total. The summed E-state index contributed by atoms with van der Waals surface area (Å²) in [6.45, 7) is 3.47. The summed E-state index contributed by atoms with van der Waals surface area (Å²) in [6.07, 6.45) is 0.618. The van der Waals surface area contributed by atoms with Crippen LogP contribution in [0, 0.1) is 0 Å². The SMILES string of the molecule is CCCOC(=O)C(C)NP(=O)(Oc1ccccc1)C(F)c1ccc2ccc(C(N)=O)cc2c1. The average Bonchev–Trinajstić information content (AvgIpc) is 2.81. The standard InChI is InChI=1S/C24H26FN2O5P/c1-3-13-31-24(29)16(2)27-33(30,32-21-7-5-4-6-8-21)22(25)18-11-9-17-10-12-19(23(26)28)15-20(17)14-18/h4-12,14-16,22H,3,13H2,1-2H3,(H2,26,28)(H,27,30). The number of carbonyl (C=O) groups is 2. The highest BCUT2D eigenvalue weighted by atomic mass is 31.2. The number of rotatable bonds is 10. The molecule has 1 amide bonds. The van der Waals surface area contributed by atoms with Crippen LogP contribution < -0.4 is 15.3 Å². The van der Waals surface area contributed by atoms with Crippen molar-refractivity contribution in [3.63, 3.8) is 0 Å². The van der Waals surface area contributed by atoms with E-state index in [0.29, 0.717) is 11.8 Å². The molecule has 174 valence electrons. The van der Waals surface area contributed by atoms with E-state index in [0.717, 1.165) is 5.39 Å². The molecule has 7 nitrogen and oxygen atoms in total. The predicted octanol–water partition coefficient (Wildman–Crippen LogP) is 5.11. The molecule has 0 saturated heterocycles. The molecule has 0 aliphatic rings. The predicted molar refractivity (Wildman–Crippen MR) is 125 cm³/mol. The van der Waals surface area contributed by atoms with Gasteiger partial charge in [0.2, 0.25) is 11.8 Å². The maximum Gasteiger partial charge on any atom is 0.355 e. The maximum absolute atomic E-state index is 15.8. The Balaban J connectivity index is 1.97. The van der Waals surface area contributed by atoms with Gasteiger partial charge in [0, 0.05) is 5.56 Å². The van der Waals surface area contributed by atoms with E-state index >= 15 is 4.39 Å². The Morgan fingerprint density at radius 1 is 1.06 bits per heavy atom. The van der Waals surface area contributed by atoms with Crippen LogP contribution in [-0.4, -0.2) is 24.5 Å². The van der Waals surface area contributed by atoms with Crippen molar-refractivity contribution in [1.82, 2.24) is 5.09 Å². The van der Waals surface area contributed by atoms with Crippen LogP contribution in [0.5, 0.6) is 5.75 Å². The Bertz CT molecular complexity index is 1190. The monoisotopic (exact) mass is 472 g/mol. The van der Waals surface area contributed by atoms with Crippen LogP contribution >= 0.6 is 7.52 Å². The van der Waals surface area contributed by atoms with E-state index in [4.69, 9.17) is 15.0 Å². The van der Waals surface area contributed by atoms with Gasteiger partial charge in [-0.05, 0) is 60.0 Å². The third kappa shape index (κ3) is 5.97. The molecule has 0 fully saturated rings. The minimum absolute atomic E-state index is 0.0602. The molecule has 3 atom stereocenters. The number of para-hydroxylation sites is 1. The number of benzene rings is 3. The fourth-order valence-corrected chi connectivity index (χ4v) is 5.10. The highest BCUT2D eigenvalue weighted by Gasteiger charge is 2.40. The number of carbonyl (C=O) groups excluding carboxylic acids is 2. The summed E-state index contributed by atoms with van der Waals surface area (Å²) in [4.78, 5) is 23.8. The molecule has 0 aliphatic carbocycles. The van der Waals surface area contributed by atoms with Gasteiger partial charge in [-0.3, -0.25) is 14.2 Å². The van der Waals surface area contributed by atoms with Crippen LogP contribution in [0.2, 0.25) is 0 Å². The largest absolute Gasteiger partial charge is 0.465 e. The van der Waals surface area contributed by atoms with Gasteiger partial charge in [-0.15, -0.1) is 0 Å². The number of amides is 1. The molecule has 0 saturated carbocycles. The lowest BCUT2D eigenvalue weighted by Crippen LogP contribution is -2.35. The number of esters is 1. The molecule has 0 radical (unpaired) electrons. The Morgan fingerprint density at radius 3 is 2.42 bits per heavy atom. The molecular formula is C24H26FN2O5P. The quantitative estimate of drug-likeness (QED) is 0.314. The number of nitrogens with one attached hydrogen (secondary N) is 1. The first-order valence-electron chi connectivity index (χ1n) is 10.5. The topological polar surface area (TPSA) is 108 Å². The van der Waals surface area contributed by atoms with E-state index in [2.05, 4.69) is 5.09 Å². The number of nitrogens with two attached hydrogens (primary N) is 1. The van der Waals surface area contributed by atoms with E-state index in [9.17, 15) is 14.2 Å². The lowest BCUT2D eigenvalue weighted by molar-refractivity contribution is -0.145. The highest BCUT2D eigenvalue weighted by molar-refractivity contribution is 7.57. The molecule has 0 heterocycles. The molecule has 3 aromatic rings. The van der Waals surface area contributed by atoms with Crippen LogP contribution in [0.15, 0.2) is 66.7 Å². The summed E-state index contributed by atoms with van der Waals surface area (Å²) in [6, 6.07) is 16.5. The third-order valence-corrected chi connectivity index (χ3v) is 7.01. The molecule has 33 heavy (non-hydrogen) atoms. The van der Waals surface area contributed by atoms with Crippen LogP contribution in [0.25, 0.3) is 10.8 Å². The average molecular weight is 472 g/mol. The number of hydrogen-bond acceptors (Lipinski definition) is 5. The van der Waals surface area contributed by atoms with Gasteiger partial charge in [0.05, 0.1) is 6.61 Å². The molecule has 0 spiro atoms. The summed E-state index contributed by atoms with van der Waals surface area (Å²) in [7, 11) is -4.31. The zero-order valence-corrected chi connectivity index (χ0v) is 19.3. The van der Waals surface area contributed by atoms with Gasteiger partial charge in [0.15, 0.2) is 0 Å². The molecular weight excluding hydrogens is 446 g/mol. The van der Waals surface area contributed by atoms with Gasteiger partial charge >= 0.3 is 13.5 Å². The Hall–Kier alpha value is -3.22. The number of alkyl halides is 1.